The maximum Gasteiger partial charge on any atom is 0.119 e. The van der Waals surface area contributed by atoms with E-state index in [0.717, 1.165) is 28.0 Å². The highest BCUT2D eigenvalue weighted by molar-refractivity contribution is 9.10. The highest BCUT2D eigenvalue weighted by Gasteiger charge is 2.08. The Hall–Kier alpha value is -1.59. The number of rotatable bonds is 6. The van der Waals surface area contributed by atoms with E-state index in [4.69, 9.17) is 22.7 Å². The first-order chi connectivity index (χ1) is 10.1. The SMILES string of the molecule is CN(CCOc1ccc(Br)cc1)c1ccccc1C(N)=S. The van der Waals surface area contributed by atoms with Crippen LogP contribution < -0.4 is 15.4 Å². The Morgan fingerprint density at radius 3 is 2.52 bits per heavy atom. The fraction of sp³-hybridized carbons (Fsp3) is 0.188. The number of hydrogen-bond acceptors (Lipinski definition) is 3. The topological polar surface area (TPSA) is 38.5 Å². The predicted octanol–water partition coefficient (Wildman–Crippen LogP) is 3.60. The summed E-state index contributed by atoms with van der Waals surface area (Å²) in [4.78, 5) is 2.50. The Labute approximate surface area is 138 Å². The number of halogens is 1. The van der Waals surface area contributed by atoms with Gasteiger partial charge in [0.25, 0.3) is 0 Å². The van der Waals surface area contributed by atoms with Crippen molar-refractivity contribution >= 4 is 38.8 Å². The van der Waals surface area contributed by atoms with E-state index in [-0.39, 0.29) is 0 Å². The van der Waals surface area contributed by atoms with Gasteiger partial charge < -0.3 is 15.4 Å². The molecule has 5 heteroatoms. The number of hydrogen-bond donors (Lipinski definition) is 1. The molecule has 3 nitrogen and oxygen atoms in total. The summed E-state index contributed by atoms with van der Waals surface area (Å²) in [6, 6.07) is 15.6. The number of likely N-dealkylation sites (N-methyl/N-ethyl adjacent to an activating group) is 1. The van der Waals surface area contributed by atoms with E-state index in [9.17, 15) is 0 Å². The second kappa shape index (κ2) is 7.43. The van der Waals surface area contributed by atoms with Crippen molar-refractivity contribution in [3.8, 4) is 5.75 Å². The molecule has 110 valence electrons. The minimum absolute atomic E-state index is 0.409. The van der Waals surface area contributed by atoms with Crippen LogP contribution in [0.4, 0.5) is 5.69 Å². The maximum atomic E-state index is 5.76. The lowest BCUT2D eigenvalue weighted by atomic mass is 10.1. The molecule has 0 aliphatic heterocycles. The minimum atomic E-state index is 0.409. The van der Waals surface area contributed by atoms with Crippen LogP contribution >= 0.6 is 28.1 Å². The molecule has 0 aromatic heterocycles. The van der Waals surface area contributed by atoms with Crippen molar-refractivity contribution in [3.05, 3.63) is 58.6 Å². The summed E-state index contributed by atoms with van der Waals surface area (Å²) < 4.78 is 6.77. The van der Waals surface area contributed by atoms with E-state index in [1.54, 1.807) is 0 Å². The molecule has 0 saturated carbocycles. The van der Waals surface area contributed by atoms with Gasteiger partial charge >= 0.3 is 0 Å². The van der Waals surface area contributed by atoms with Crippen LogP contribution in [0.1, 0.15) is 5.56 Å². The quantitative estimate of drug-likeness (QED) is 0.794. The van der Waals surface area contributed by atoms with Crippen LogP contribution in [0.2, 0.25) is 0 Å². The lowest BCUT2D eigenvalue weighted by molar-refractivity contribution is 0.326. The standard InChI is InChI=1S/C16H17BrN2OS/c1-19(15-5-3-2-4-14(15)16(18)21)10-11-20-13-8-6-12(17)7-9-13/h2-9H,10-11H2,1H3,(H2,18,21). The zero-order valence-corrected chi connectivity index (χ0v) is 14.2. The Kier molecular flexibility index (Phi) is 5.59. The highest BCUT2D eigenvalue weighted by atomic mass is 79.9. The largest absolute Gasteiger partial charge is 0.492 e. The Morgan fingerprint density at radius 1 is 1.19 bits per heavy atom. The van der Waals surface area contributed by atoms with Crippen LogP contribution in [0.5, 0.6) is 5.75 Å². The van der Waals surface area contributed by atoms with Crippen molar-refractivity contribution in [2.45, 2.75) is 0 Å². The van der Waals surface area contributed by atoms with Crippen molar-refractivity contribution in [1.82, 2.24) is 0 Å². The first-order valence-electron chi connectivity index (χ1n) is 6.56. The number of nitrogens with zero attached hydrogens (tertiary/aromatic N) is 1. The molecule has 0 heterocycles. The monoisotopic (exact) mass is 364 g/mol. The zero-order valence-electron chi connectivity index (χ0n) is 11.8. The summed E-state index contributed by atoms with van der Waals surface area (Å²) in [6.07, 6.45) is 0. The molecule has 0 spiro atoms. The van der Waals surface area contributed by atoms with Crippen molar-refractivity contribution in [2.75, 3.05) is 25.1 Å². The van der Waals surface area contributed by atoms with E-state index < -0.39 is 0 Å². The molecule has 0 unspecified atom stereocenters. The summed E-state index contributed by atoms with van der Waals surface area (Å²) in [5, 5.41) is 0. The number of para-hydroxylation sites is 1. The lowest BCUT2D eigenvalue weighted by Gasteiger charge is -2.22. The van der Waals surface area contributed by atoms with Crippen LogP contribution in [0.15, 0.2) is 53.0 Å². The molecule has 0 radical (unpaired) electrons. The zero-order chi connectivity index (χ0) is 15.2. The Balaban J connectivity index is 1.94. The number of benzene rings is 2. The lowest BCUT2D eigenvalue weighted by Crippen LogP contribution is -2.26. The van der Waals surface area contributed by atoms with Gasteiger partial charge in [-0.25, -0.2) is 0 Å². The highest BCUT2D eigenvalue weighted by Crippen LogP contribution is 2.19. The van der Waals surface area contributed by atoms with Gasteiger partial charge in [0.15, 0.2) is 0 Å². The summed E-state index contributed by atoms with van der Waals surface area (Å²) in [5.74, 6) is 0.856. The van der Waals surface area contributed by atoms with E-state index in [1.807, 2.05) is 55.6 Å². The van der Waals surface area contributed by atoms with Crippen molar-refractivity contribution in [3.63, 3.8) is 0 Å². The van der Waals surface area contributed by atoms with Crippen LogP contribution in [-0.4, -0.2) is 25.2 Å². The summed E-state index contributed by atoms with van der Waals surface area (Å²) in [5.41, 5.74) is 7.66. The smallest absolute Gasteiger partial charge is 0.119 e. The van der Waals surface area contributed by atoms with Gasteiger partial charge in [-0.3, -0.25) is 0 Å². The molecule has 21 heavy (non-hydrogen) atoms. The van der Waals surface area contributed by atoms with Crippen LogP contribution in [0.3, 0.4) is 0 Å². The van der Waals surface area contributed by atoms with Crippen molar-refractivity contribution in [2.24, 2.45) is 5.73 Å². The molecule has 2 aromatic carbocycles. The number of nitrogens with two attached hydrogens (primary N) is 1. The molecule has 2 aromatic rings. The van der Waals surface area contributed by atoms with Gasteiger partial charge in [0, 0.05) is 22.8 Å². The van der Waals surface area contributed by atoms with Gasteiger partial charge in [-0.2, -0.15) is 0 Å². The molecule has 2 N–H and O–H groups in total. The van der Waals surface area contributed by atoms with Crippen molar-refractivity contribution in [1.29, 1.82) is 0 Å². The van der Waals surface area contributed by atoms with Gasteiger partial charge in [-0.05, 0) is 36.4 Å². The van der Waals surface area contributed by atoms with E-state index >= 15 is 0 Å². The van der Waals surface area contributed by atoms with E-state index in [1.165, 1.54) is 0 Å². The molecule has 0 atom stereocenters. The second-order valence-electron chi connectivity index (χ2n) is 4.61. The van der Waals surface area contributed by atoms with Gasteiger partial charge in [0.1, 0.15) is 17.3 Å². The third-order valence-electron chi connectivity index (χ3n) is 3.09. The third kappa shape index (κ3) is 4.44. The molecule has 0 bridgehead atoms. The fourth-order valence-corrected chi connectivity index (χ4v) is 2.40. The first-order valence-corrected chi connectivity index (χ1v) is 7.76. The molecule has 0 aliphatic rings. The average Bonchev–Trinajstić information content (AvgIpc) is 2.49. The minimum Gasteiger partial charge on any atom is -0.492 e. The van der Waals surface area contributed by atoms with Crippen LogP contribution in [-0.2, 0) is 0 Å². The summed E-state index contributed by atoms with van der Waals surface area (Å²) in [7, 11) is 2.00. The number of thiocarbonyl (C=S) groups is 1. The third-order valence-corrected chi connectivity index (χ3v) is 3.84. The van der Waals surface area contributed by atoms with Gasteiger partial charge in [-0.1, -0.05) is 40.3 Å². The molecular formula is C16H17BrN2OS. The van der Waals surface area contributed by atoms with Crippen molar-refractivity contribution < 1.29 is 4.74 Å². The van der Waals surface area contributed by atoms with E-state index in [2.05, 4.69) is 20.8 Å². The fourth-order valence-electron chi connectivity index (χ4n) is 1.97. The van der Waals surface area contributed by atoms with Gasteiger partial charge in [0.2, 0.25) is 0 Å². The number of ether oxygens (including phenoxy) is 1. The first kappa shape index (κ1) is 15.8. The molecular weight excluding hydrogens is 348 g/mol. The average molecular weight is 365 g/mol. The van der Waals surface area contributed by atoms with E-state index in [0.29, 0.717) is 11.6 Å². The Morgan fingerprint density at radius 2 is 1.86 bits per heavy atom. The Bertz CT molecular complexity index is 616. The maximum absolute atomic E-state index is 5.76. The van der Waals surface area contributed by atoms with Gasteiger partial charge in [-0.15, -0.1) is 0 Å². The normalized spacial score (nSPS) is 10.2. The van der Waals surface area contributed by atoms with Crippen LogP contribution in [0, 0.1) is 0 Å². The van der Waals surface area contributed by atoms with Crippen LogP contribution in [0.25, 0.3) is 0 Å². The second-order valence-corrected chi connectivity index (χ2v) is 5.96. The number of anilines is 1. The molecule has 0 fully saturated rings. The summed E-state index contributed by atoms with van der Waals surface area (Å²) in [6.45, 7) is 1.33. The molecule has 0 saturated heterocycles. The molecule has 0 aliphatic carbocycles. The molecule has 2 rings (SSSR count). The predicted molar refractivity (Wildman–Crippen MR) is 95.2 cm³/mol. The summed E-state index contributed by atoms with van der Waals surface area (Å²) >= 11 is 8.49. The molecule has 0 amide bonds. The van der Waals surface area contributed by atoms with Gasteiger partial charge in [0.05, 0.1) is 6.54 Å².